The Morgan fingerprint density at radius 1 is 1.14 bits per heavy atom. The standard InChI is InChI=1S/C20H23FN4O4/c1-11(2)22-20(28)23-18(26)12(3)29-19(27)17-15-5-4-6-16(15)25(24-17)14-9-7-13(21)8-10-14/h7-12H,4-6H2,1-3H3,(H2,22,23,26,28). The van der Waals surface area contributed by atoms with Gasteiger partial charge >= 0.3 is 12.0 Å². The lowest BCUT2D eigenvalue weighted by Gasteiger charge is -2.14. The van der Waals surface area contributed by atoms with Gasteiger partial charge in [-0.1, -0.05) is 0 Å². The first-order valence-corrected chi connectivity index (χ1v) is 9.45. The quantitative estimate of drug-likeness (QED) is 0.747. The Hall–Kier alpha value is -3.23. The normalized spacial score (nSPS) is 13.7. The number of amides is 3. The van der Waals surface area contributed by atoms with Crippen LogP contribution in [0.1, 0.15) is 48.9 Å². The number of nitrogens with one attached hydrogen (secondary N) is 2. The Kier molecular flexibility index (Phi) is 5.95. The first-order valence-electron chi connectivity index (χ1n) is 9.45. The zero-order valence-electron chi connectivity index (χ0n) is 16.5. The van der Waals surface area contributed by atoms with E-state index in [1.807, 2.05) is 0 Å². The van der Waals surface area contributed by atoms with E-state index in [1.54, 1.807) is 30.7 Å². The average Bonchev–Trinajstić information content (AvgIpc) is 3.24. The van der Waals surface area contributed by atoms with E-state index < -0.39 is 24.0 Å². The zero-order chi connectivity index (χ0) is 21.1. The van der Waals surface area contributed by atoms with Crippen LogP contribution in [0, 0.1) is 5.82 Å². The van der Waals surface area contributed by atoms with Crippen molar-refractivity contribution in [1.29, 1.82) is 0 Å². The van der Waals surface area contributed by atoms with E-state index in [9.17, 15) is 18.8 Å². The second kappa shape index (κ2) is 8.42. The molecule has 3 amide bonds. The SMILES string of the molecule is CC(C)NC(=O)NC(=O)C(C)OC(=O)c1nn(-c2ccc(F)cc2)c2c1CCC2. The number of rotatable bonds is 5. The Morgan fingerprint density at radius 3 is 2.48 bits per heavy atom. The van der Waals surface area contributed by atoms with Gasteiger partial charge in [0.05, 0.1) is 5.69 Å². The summed E-state index contributed by atoms with van der Waals surface area (Å²) in [5, 5.41) is 9.00. The Labute approximate surface area is 167 Å². The molecule has 0 spiro atoms. The molecule has 1 aliphatic carbocycles. The summed E-state index contributed by atoms with van der Waals surface area (Å²) in [7, 11) is 0. The summed E-state index contributed by atoms with van der Waals surface area (Å²) in [4.78, 5) is 36.4. The van der Waals surface area contributed by atoms with Gasteiger partial charge in [0.15, 0.2) is 11.8 Å². The number of carbonyl (C=O) groups is 3. The van der Waals surface area contributed by atoms with Crippen molar-refractivity contribution in [1.82, 2.24) is 20.4 Å². The molecule has 1 atom stereocenters. The summed E-state index contributed by atoms with van der Waals surface area (Å²) in [6, 6.07) is 5.02. The monoisotopic (exact) mass is 402 g/mol. The van der Waals surface area contributed by atoms with Crippen molar-refractivity contribution in [3.63, 3.8) is 0 Å². The molecule has 9 heteroatoms. The number of fused-ring (bicyclic) bond motifs is 1. The third-order valence-corrected chi connectivity index (χ3v) is 4.50. The Bertz CT molecular complexity index is 937. The van der Waals surface area contributed by atoms with Crippen LogP contribution in [0.4, 0.5) is 9.18 Å². The smallest absolute Gasteiger partial charge is 0.359 e. The van der Waals surface area contributed by atoms with Crippen LogP contribution in [0.5, 0.6) is 0 Å². The van der Waals surface area contributed by atoms with Crippen LogP contribution < -0.4 is 10.6 Å². The lowest BCUT2D eigenvalue weighted by atomic mass is 10.2. The van der Waals surface area contributed by atoms with E-state index in [4.69, 9.17) is 4.74 Å². The first-order chi connectivity index (χ1) is 13.8. The lowest BCUT2D eigenvalue weighted by molar-refractivity contribution is -0.127. The maximum Gasteiger partial charge on any atom is 0.359 e. The number of carbonyl (C=O) groups excluding carboxylic acids is 3. The number of halogens is 1. The van der Waals surface area contributed by atoms with E-state index in [0.29, 0.717) is 12.1 Å². The van der Waals surface area contributed by atoms with Crippen LogP contribution in [0.2, 0.25) is 0 Å². The summed E-state index contributed by atoms with van der Waals surface area (Å²) in [5.74, 6) is -1.83. The molecular formula is C20H23FN4O4. The molecule has 0 saturated heterocycles. The van der Waals surface area contributed by atoms with Crippen molar-refractivity contribution in [2.45, 2.75) is 52.2 Å². The van der Waals surface area contributed by atoms with Crippen LogP contribution in [-0.2, 0) is 22.4 Å². The Balaban J connectivity index is 1.74. The second-order valence-electron chi connectivity index (χ2n) is 7.18. The molecule has 1 aromatic carbocycles. The van der Waals surface area contributed by atoms with Crippen molar-refractivity contribution < 1.29 is 23.5 Å². The van der Waals surface area contributed by atoms with Crippen molar-refractivity contribution in [3.8, 4) is 5.69 Å². The summed E-state index contributed by atoms with van der Waals surface area (Å²) in [6.07, 6.45) is 1.09. The van der Waals surface area contributed by atoms with Crippen molar-refractivity contribution in [3.05, 3.63) is 47.0 Å². The maximum atomic E-state index is 13.2. The van der Waals surface area contributed by atoms with Gasteiger partial charge in [0.25, 0.3) is 5.91 Å². The van der Waals surface area contributed by atoms with E-state index in [-0.39, 0.29) is 17.6 Å². The molecule has 29 heavy (non-hydrogen) atoms. The molecule has 0 radical (unpaired) electrons. The van der Waals surface area contributed by atoms with E-state index in [0.717, 1.165) is 24.1 Å². The number of nitrogens with zero attached hydrogens (tertiary/aromatic N) is 2. The number of ether oxygens (including phenoxy) is 1. The largest absolute Gasteiger partial charge is 0.448 e. The number of benzene rings is 1. The summed E-state index contributed by atoms with van der Waals surface area (Å²) >= 11 is 0. The average molecular weight is 402 g/mol. The number of urea groups is 1. The molecular weight excluding hydrogens is 379 g/mol. The summed E-state index contributed by atoms with van der Waals surface area (Å²) in [5.41, 5.74) is 2.41. The van der Waals surface area contributed by atoms with Gasteiger partial charge < -0.3 is 10.1 Å². The van der Waals surface area contributed by atoms with E-state index in [1.165, 1.54) is 19.1 Å². The molecule has 1 aromatic heterocycles. The predicted octanol–water partition coefficient (Wildman–Crippen LogP) is 2.28. The molecule has 0 bridgehead atoms. The van der Waals surface area contributed by atoms with E-state index >= 15 is 0 Å². The van der Waals surface area contributed by atoms with Gasteiger partial charge in [0.1, 0.15) is 5.82 Å². The molecule has 8 nitrogen and oxygen atoms in total. The van der Waals surface area contributed by atoms with Crippen LogP contribution in [0.3, 0.4) is 0 Å². The highest BCUT2D eigenvalue weighted by Crippen LogP contribution is 2.28. The van der Waals surface area contributed by atoms with Gasteiger partial charge in [-0.25, -0.2) is 18.7 Å². The van der Waals surface area contributed by atoms with Crippen LogP contribution in [0.15, 0.2) is 24.3 Å². The van der Waals surface area contributed by atoms with Gasteiger partial charge in [-0.05, 0) is 64.3 Å². The number of aromatic nitrogens is 2. The Morgan fingerprint density at radius 2 is 1.83 bits per heavy atom. The molecule has 1 heterocycles. The molecule has 0 fully saturated rings. The fourth-order valence-electron chi connectivity index (χ4n) is 3.18. The molecule has 2 N–H and O–H groups in total. The molecule has 0 aliphatic heterocycles. The molecule has 154 valence electrons. The van der Waals surface area contributed by atoms with Gasteiger partial charge in [0.2, 0.25) is 0 Å². The molecule has 1 unspecified atom stereocenters. The van der Waals surface area contributed by atoms with Crippen molar-refractivity contribution in [2.75, 3.05) is 0 Å². The van der Waals surface area contributed by atoms with Gasteiger partial charge in [0, 0.05) is 17.3 Å². The van der Waals surface area contributed by atoms with E-state index in [2.05, 4.69) is 15.7 Å². The maximum absolute atomic E-state index is 13.2. The molecule has 2 aromatic rings. The third-order valence-electron chi connectivity index (χ3n) is 4.50. The van der Waals surface area contributed by atoms with Crippen LogP contribution in [0.25, 0.3) is 5.69 Å². The van der Waals surface area contributed by atoms with Gasteiger partial charge in [-0.2, -0.15) is 5.10 Å². The number of imide groups is 1. The lowest BCUT2D eigenvalue weighted by Crippen LogP contribution is -2.46. The number of hydrogen-bond donors (Lipinski definition) is 2. The van der Waals surface area contributed by atoms with Gasteiger partial charge in [-0.3, -0.25) is 10.1 Å². The third kappa shape index (κ3) is 4.61. The first kappa shape index (κ1) is 20.5. The highest BCUT2D eigenvalue weighted by molar-refractivity contribution is 5.98. The minimum Gasteiger partial charge on any atom is -0.448 e. The number of hydrogen-bond acceptors (Lipinski definition) is 5. The summed E-state index contributed by atoms with van der Waals surface area (Å²) < 4.78 is 20.1. The minimum atomic E-state index is -1.17. The minimum absolute atomic E-state index is 0.133. The zero-order valence-corrected chi connectivity index (χ0v) is 16.5. The second-order valence-corrected chi connectivity index (χ2v) is 7.18. The van der Waals surface area contributed by atoms with Crippen LogP contribution in [-0.4, -0.2) is 39.8 Å². The van der Waals surface area contributed by atoms with Crippen molar-refractivity contribution >= 4 is 17.9 Å². The van der Waals surface area contributed by atoms with Crippen molar-refractivity contribution in [2.24, 2.45) is 0 Å². The number of esters is 1. The molecule has 0 saturated carbocycles. The molecule has 1 aliphatic rings. The van der Waals surface area contributed by atoms with Gasteiger partial charge in [-0.15, -0.1) is 0 Å². The topological polar surface area (TPSA) is 102 Å². The summed E-state index contributed by atoms with van der Waals surface area (Å²) in [6.45, 7) is 4.89. The highest BCUT2D eigenvalue weighted by atomic mass is 19.1. The molecule has 3 rings (SSSR count). The fraction of sp³-hybridized carbons (Fsp3) is 0.400. The fourth-order valence-corrected chi connectivity index (χ4v) is 3.18. The highest BCUT2D eigenvalue weighted by Gasteiger charge is 2.30. The predicted molar refractivity (Wildman–Crippen MR) is 102 cm³/mol. The van der Waals surface area contributed by atoms with Crippen LogP contribution >= 0.6 is 0 Å².